The molecule has 0 aliphatic heterocycles. The molecule has 0 saturated heterocycles. The Hall–Kier alpha value is -3.74. The van der Waals surface area contributed by atoms with E-state index in [9.17, 15) is 9.18 Å². The molecule has 0 radical (unpaired) electrons. The summed E-state index contributed by atoms with van der Waals surface area (Å²) in [5.74, 6) is -0.207. The van der Waals surface area contributed by atoms with E-state index < -0.39 is 5.91 Å². The Kier molecular flexibility index (Phi) is 6.30. The lowest BCUT2D eigenvalue weighted by Crippen LogP contribution is -2.31. The zero-order valence-electron chi connectivity index (χ0n) is 14.9. The van der Waals surface area contributed by atoms with Crippen LogP contribution in [0.5, 0.6) is 5.75 Å². The summed E-state index contributed by atoms with van der Waals surface area (Å²) in [6.07, 6.45) is 1.51. The van der Waals surface area contributed by atoms with Gasteiger partial charge in [-0.25, -0.2) is 4.39 Å². The molecule has 3 rings (SSSR count). The van der Waals surface area contributed by atoms with Gasteiger partial charge in [-0.1, -0.05) is 35.5 Å². The van der Waals surface area contributed by atoms with Crippen LogP contribution >= 0.6 is 0 Å². The second-order valence-electron chi connectivity index (χ2n) is 5.91. The molecule has 2 aromatic carbocycles. The summed E-state index contributed by atoms with van der Waals surface area (Å²) in [7, 11) is 0. The highest BCUT2D eigenvalue weighted by Crippen LogP contribution is 2.15. The lowest BCUT2D eigenvalue weighted by atomic mass is 10.2. The van der Waals surface area contributed by atoms with Crippen LogP contribution in [-0.2, 0) is 17.9 Å². The molecule has 3 aromatic rings. The fourth-order valence-electron chi connectivity index (χ4n) is 2.48. The third-order valence-electron chi connectivity index (χ3n) is 3.89. The maximum atomic E-state index is 13.2. The van der Waals surface area contributed by atoms with E-state index >= 15 is 0 Å². The molecule has 142 valence electrons. The third kappa shape index (κ3) is 5.14. The normalized spacial score (nSPS) is 11.1. The van der Waals surface area contributed by atoms with E-state index in [-0.39, 0.29) is 30.4 Å². The molecule has 1 aromatic heterocycles. The molecule has 7 heteroatoms. The van der Waals surface area contributed by atoms with Gasteiger partial charge in [-0.2, -0.15) is 0 Å². The lowest BCUT2D eigenvalue weighted by molar-refractivity contribution is -0.115. The molecular formula is C21H18FN3O3. The summed E-state index contributed by atoms with van der Waals surface area (Å²) in [6.45, 7) is 0.503. The van der Waals surface area contributed by atoms with E-state index in [4.69, 9.17) is 9.94 Å². The Morgan fingerprint density at radius 1 is 1.07 bits per heavy atom. The fraction of sp³-hybridized carbons (Fsp3) is 0.0952. The molecule has 0 fully saturated rings. The summed E-state index contributed by atoms with van der Waals surface area (Å²) in [4.78, 5) is 16.2. The predicted octanol–water partition coefficient (Wildman–Crippen LogP) is 3.29. The van der Waals surface area contributed by atoms with Gasteiger partial charge in [0.15, 0.2) is 5.71 Å². The second-order valence-corrected chi connectivity index (χ2v) is 5.91. The minimum atomic E-state index is -0.535. The Morgan fingerprint density at radius 3 is 2.57 bits per heavy atom. The molecule has 1 heterocycles. The van der Waals surface area contributed by atoms with Crippen LogP contribution in [-0.4, -0.2) is 21.8 Å². The molecule has 28 heavy (non-hydrogen) atoms. The smallest absolute Gasteiger partial charge is 0.275 e. The van der Waals surface area contributed by atoms with Crippen LogP contribution in [0.4, 0.5) is 4.39 Å². The first-order valence-corrected chi connectivity index (χ1v) is 8.53. The monoisotopic (exact) mass is 379 g/mol. The first kappa shape index (κ1) is 19.0. The summed E-state index contributed by atoms with van der Waals surface area (Å²) in [5.41, 5.74) is 1.70. The van der Waals surface area contributed by atoms with Crippen LogP contribution in [0.1, 0.15) is 16.8 Å². The van der Waals surface area contributed by atoms with E-state index in [2.05, 4.69) is 15.5 Å². The van der Waals surface area contributed by atoms with Crippen LogP contribution in [0, 0.1) is 5.82 Å². The van der Waals surface area contributed by atoms with E-state index in [0.717, 1.165) is 11.1 Å². The fourth-order valence-corrected chi connectivity index (χ4v) is 2.48. The van der Waals surface area contributed by atoms with Crippen molar-refractivity contribution in [3.05, 3.63) is 95.6 Å². The highest BCUT2D eigenvalue weighted by Gasteiger charge is 2.15. The molecule has 0 bridgehead atoms. The van der Waals surface area contributed by atoms with E-state index in [1.807, 2.05) is 0 Å². The van der Waals surface area contributed by atoms with Crippen molar-refractivity contribution < 1.29 is 19.1 Å². The summed E-state index contributed by atoms with van der Waals surface area (Å²) >= 11 is 0. The molecule has 0 spiro atoms. The summed E-state index contributed by atoms with van der Waals surface area (Å²) < 4.78 is 18.8. The number of nitrogens with zero attached hydrogens (tertiary/aromatic N) is 2. The number of rotatable bonds is 7. The van der Waals surface area contributed by atoms with Crippen LogP contribution in [0.2, 0.25) is 0 Å². The molecule has 0 unspecified atom stereocenters. The number of benzene rings is 2. The SMILES string of the molecule is O=C(NCc1ccc(OCc2cccc(F)c2)cc1)/C(=N/O)c1ccccn1. The van der Waals surface area contributed by atoms with Crippen molar-refractivity contribution >= 4 is 11.6 Å². The number of nitrogens with one attached hydrogen (secondary N) is 1. The molecule has 0 saturated carbocycles. The van der Waals surface area contributed by atoms with Crippen LogP contribution in [0.25, 0.3) is 0 Å². The largest absolute Gasteiger partial charge is 0.489 e. The molecule has 0 aliphatic rings. The zero-order valence-corrected chi connectivity index (χ0v) is 14.9. The number of halogens is 1. The highest BCUT2D eigenvalue weighted by molar-refractivity contribution is 6.44. The first-order chi connectivity index (χ1) is 13.7. The van der Waals surface area contributed by atoms with E-state index in [1.165, 1.54) is 18.3 Å². The Labute approximate surface area is 161 Å². The number of hydrogen-bond donors (Lipinski definition) is 2. The van der Waals surface area contributed by atoms with Crippen LogP contribution in [0.3, 0.4) is 0 Å². The molecule has 0 aliphatic carbocycles. The predicted molar refractivity (Wildman–Crippen MR) is 102 cm³/mol. The molecular weight excluding hydrogens is 361 g/mol. The maximum absolute atomic E-state index is 13.2. The molecule has 0 atom stereocenters. The zero-order chi connectivity index (χ0) is 19.8. The van der Waals surface area contributed by atoms with E-state index in [1.54, 1.807) is 54.6 Å². The van der Waals surface area contributed by atoms with Gasteiger partial charge in [-0.15, -0.1) is 0 Å². The minimum absolute atomic E-state index is 0.157. The van der Waals surface area contributed by atoms with Gasteiger partial charge >= 0.3 is 0 Å². The first-order valence-electron chi connectivity index (χ1n) is 8.53. The van der Waals surface area contributed by atoms with Crippen molar-refractivity contribution in [2.75, 3.05) is 0 Å². The summed E-state index contributed by atoms with van der Waals surface area (Å²) in [6, 6.07) is 18.3. The lowest BCUT2D eigenvalue weighted by Gasteiger charge is -2.09. The second kappa shape index (κ2) is 9.27. The van der Waals surface area contributed by atoms with Crippen molar-refractivity contribution in [1.82, 2.24) is 10.3 Å². The van der Waals surface area contributed by atoms with Gasteiger partial charge in [0.2, 0.25) is 0 Å². The van der Waals surface area contributed by atoms with E-state index in [0.29, 0.717) is 5.75 Å². The van der Waals surface area contributed by atoms with Crippen LogP contribution < -0.4 is 10.1 Å². The number of aromatic nitrogens is 1. The third-order valence-corrected chi connectivity index (χ3v) is 3.89. The summed E-state index contributed by atoms with van der Waals surface area (Å²) in [5, 5.41) is 14.8. The quantitative estimate of drug-likeness (QED) is 0.375. The van der Waals surface area contributed by atoms with Crippen molar-refractivity contribution in [3.63, 3.8) is 0 Å². The number of carbonyl (C=O) groups excluding carboxylic acids is 1. The van der Waals surface area contributed by atoms with Crippen molar-refractivity contribution in [2.45, 2.75) is 13.2 Å². The highest BCUT2D eigenvalue weighted by atomic mass is 19.1. The van der Waals surface area contributed by atoms with Gasteiger partial charge in [0, 0.05) is 12.7 Å². The van der Waals surface area contributed by atoms with Gasteiger partial charge in [0.05, 0.1) is 5.69 Å². The Balaban J connectivity index is 1.53. The Morgan fingerprint density at radius 2 is 1.89 bits per heavy atom. The average molecular weight is 379 g/mol. The average Bonchev–Trinajstić information content (AvgIpc) is 2.73. The molecule has 1 amide bonds. The number of hydrogen-bond acceptors (Lipinski definition) is 5. The molecule has 6 nitrogen and oxygen atoms in total. The van der Waals surface area contributed by atoms with Crippen LogP contribution in [0.15, 0.2) is 78.1 Å². The number of amides is 1. The van der Waals surface area contributed by atoms with Gasteiger partial charge in [-0.05, 0) is 47.5 Å². The molecule has 2 N–H and O–H groups in total. The van der Waals surface area contributed by atoms with Crippen molar-refractivity contribution in [1.29, 1.82) is 0 Å². The van der Waals surface area contributed by atoms with Gasteiger partial charge in [0.25, 0.3) is 5.91 Å². The van der Waals surface area contributed by atoms with Gasteiger partial charge in [0.1, 0.15) is 18.2 Å². The van der Waals surface area contributed by atoms with Crippen molar-refractivity contribution in [2.24, 2.45) is 5.16 Å². The number of pyridine rings is 1. The number of carbonyl (C=O) groups is 1. The van der Waals surface area contributed by atoms with Crippen molar-refractivity contribution in [3.8, 4) is 5.75 Å². The standard InChI is InChI=1S/C21H18FN3O3/c22-17-5-3-4-16(12-17)14-28-18-9-7-15(8-10-18)13-24-21(26)20(25-27)19-6-1-2-11-23-19/h1-12,27H,13-14H2,(H,24,26)/b25-20+. The Bertz CT molecular complexity index is 960. The minimum Gasteiger partial charge on any atom is -0.489 e. The maximum Gasteiger partial charge on any atom is 0.275 e. The number of ether oxygens (including phenoxy) is 1. The van der Waals surface area contributed by atoms with Gasteiger partial charge in [-0.3, -0.25) is 9.78 Å². The number of oxime groups is 1. The van der Waals surface area contributed by atoms with Gasteiger partial charge < -0.3 is 15.3 Å². The topological polar surface area (TPSA) is 83.8 Å².